The van der Waals surface area contributed by atoms with Gasteiger partial charge in [0.25, 0.3) is 0 Å². The third-order valence-corrected chi connectivity index (χ3v) is 3.85. The molecule has 5 N–H and O–H groups in total. The molecule has 6 heteroatoms. The number of rotatable bonds is 3. The van der Waals surface area contributed by atoms with Crippen molar-refractivity contribution in [2.45, 2.75) is 11.8 Å². The summed E-state index contributed by atoms with van der Waals surface area (Å²) in [6.45, 7) is 1.29. The fraction of sp³-hybridized carbons (Fsp3) is 0.333. The van der Waals surface area contributed by atoms with Crippen molar-refractivity contribution >= 4 is 21.2 Å². The number of sulfone groups is 1. The average Bonchev–Trinajstić information content (AvgIpc) is 2.13. The van der Waals surface area contributed by atoms with E-state index in [2.05, 4.69) is 0 Å². The maximum absolute atomic E-state index is 11.6. The minimum Gasteiger partial charge on any atom is -0.398 e. The topological polar surface area (TPSA) is 106 Å². The Kier molecular flexibility index (Phi) is 3.21. The first-order chi connectivity index (χ1) is 6.88. The molecule has 1 rings (SSSR count). The van der Waals surface area contributed by atoms with Crippen LogP contribution in [-0.4, -0.2) is 25.9 Å². The van der Waals surface area contributed by atoms with Crippen LogP contribution in [0.5, 0.6) is 0 Å². The Bertz CT molecular complexity index is 445. The van der Waals surface area contributed by atoms with Gasteiger partial charge in [0.2, 0.25) is 0 Å². The van der Waals surface area contributed by atoms with Crippen molar-refractivity contribution in [3.63, 3.8) is 0 Å². The van der Waals surface area contributed by atoms with Gasteiger partial charge >= 0.3 is 0 Å². The summed E-state index contributed by atoms with van der Waals surface area (Å²) in [5.74, 6) is -0.324. The summed E-state index contributed by atoms with van der Waals surface area (Å²) in [6, 6.07) is 2.72. The molecule has 0 unspecified atom stereocenters. The summed E-state index contributed by atoms with van der Waals surface area (Å²) in [5.41, 5.74) is 12.6. The van der Waals surface area contributed by atoms with E-state index in [1.54, 1.807) is 6.92 Å². The lowest BCUT2D eigenvalue weighted by molar-refractivity contribution is 0.319. The lowest BCUT2D eigenvalue weighted by Crippen LogP contribution is -2.11. The summed E-state index contributed by atoms with van der Waals surface area (Å²) in [6.07, 6.45) is 0. The number of anilines is 2. The van der Waals surface area contributed by atoms with Gasteiger partial charge in [-0.2, -0.15) is 0 Å². The zero-order valence-corrected chi connectivity index (χ0v) is 9.21. The number of aliphatic hydroxyl groups is 1. The normalized spacial score (nSPS) is 11.6. The highest BCUT2D eigenvalue weighted by Gasteiger charge is 2.15. The van der Waals surface area contributed by atoms with Gasteiger partial charge in [-0.3, -0.25) is 0 Å². The van der Waals surface area contributed by atoms with Crippen molar-refractivity contribution < 1.29 is 13.5 Å². The van der Waals surface area contributed by atoms with Gasteiger partial charge in [0.15, 0.2) is 9.84 Å². The van der Waals surface area contributed by atoms with E-state index in [4.69, 9.17) is 16.6 Å². The predicted molar refractivity (Wildman–Crippen MR) is 59.1 cm³/mol. The summed E-state index contributed by atoms with van der Waals surface area (Å²) < 4.78 is 23.2. The SMILES string of the molecule is Cc1c(N)cc(S(=O)(=O)CCO)cc1N. The number of aliphatic hydroxyl groups excluding tert-OH is 1. The van der Waals surface area contributed by atoms with Crippen molar-refractivity contribution in [3.8, 4) is 0 Å². The van der Waals surface area contributed by atoms with E-state index in [1.807, 2.05) is 0 Å². The highest BCUT2D eigenvalue weighted by atomic mass is 32.2. The minimum atomic E-state index is -3.48. The number of nitrogens with two attached hydrogens (primary N) is 2. The number of hydrogen-bond donors (Lipinski definition) is 3. The Morgan fingerprint density at radius 3 is 2.13 bits per heavy atom. The predicted octanol–water partition coefficient (Wildman–Crippen LogP) is -0.0746. The molecular formula is C9H14N2O3S. The second kappa shape index (κ2) is 4.08. The Morgan fingerprint density at radius 1 is 1.27 bits per heavy atom. The minimum absolute atomic E-state index is 0.0529. The van der Waals surface area contributed by atoms with Gasteiger partial charge in [0.1, 0.15) is 0 Å². The molecular weight excluding hydrogens is 216 g/mol. The van der Waals surface area contributed by atoms with E-state index < -0.39 is 16.4 Å². The van der Waals surface area contributed by atoms with E-state index >= 15 is 0 Å². The molecule has 1 aromatic rings. The Hall–Kier alpha value is -1.27. The van der Waals surface area contributed by atoms with Crippen LogP contribution in [0.4, 0.5) is 11.4 Å². The standard InChI is InChI=1S/C9H14N2O3S/c1-6-8(10)4-7(5-9(6)11)15(13,14)3-2-12/h4-5,12H,2-3,10-11H2,1H3. The molecule has 1 aromatic carbocycles. The Morgan fingerprint density at radius 2 is 1.73 bits per heavy atom. The summed E-state index contributed by atoms with van der Waals surface area (Å²) >= 11 is 0. The largest absolute Gasteiger partial charge is 0.398 e. The van der Waals surface area contributed by atoms with Gasteiger partial charge in [-0.15, -0.1) is 0 Å². The molecule has 0 saturated carbocycles. The zero-order valence-electron chi connectivity index (χ0n) is 8.40. The van der Waals surface area contributed by atoms with Gasteiger partial charge in [-0.25, -0.2) is 8.42 Å². The maximum atomic E-state index is 11.6. The second-order valence-corrected chi connectivity index (χ2v) is 5.38. The van der Waals surface area contributed by atoms with Gasteiger partial charge in [0, 0.05) is 11.4 Å². The molecule has 84 valence electrons. The average molecular weight is 230 g/mol. The van der Waals surface area contributed by atoms with E-state index in [1.165, 1.54) is 12.1 Å². The highest BCUT2D eigenvalue weighted by Crippen LogP contribution is 2.24. The molecule has 0 radical (unpaired) electrons. The highest BCUT2D eigenvalue weighted by molar-refractivity contribution is 7.91. The molecule has 15 heavy (non-hydrogen) atoms. The molecule has 0 heterocycles. The first-order valence-corrected chi connectivity index (χ1v) is 6.03. The van der Waals surface area contributed by atoms with Crippen molar-refractivity contribution in [1.29, 1.82) is 0 Å². The van der Waals surface area contributed by atoms with E-state index in [0.29, 0.717) is 16.9 Å². The summed E-state index contributed by atoms with van der Waals surface area (Å²) in [4.78, 5) is 0.0529. The smallest absolute Gasteiger partial charge is 0.180 e. The molecule has 0 fully saturated rings. The fourth-order valence-corrected chi connectivity index (χ4v) is 2.24. The van der Waals surface area contributed by atoms with Crippen LogP contribution in [0.3, 0.4) is 0 Å². The molecule has 0 aliphatic heterocycles. The number of hydrogen-bond acceptors (Lipinski definition) is 5. The quantitative estimate of drug-likeness (QED) is 0.630. The first kappa shape index (κ1) is 11.8. The Balaban J connectivity index is 3.29. The Labute approximate surface area is 88.6 Å². The lowest BCUT2D eigenvalue weighted by Gasteiger charge is -2.08. The molecule has 5 nitrogen and oxygen atoms in total. The first-order valence-electron chi connectivity index (χ1n) is 4.37. The van der Waals surface area contributed by atoms with Crippen molar-refractivity contribution in [1.82, 2.24) is 0 Å². The zero-order chi connectivity index (χ0) is 11.6. The summed E-state index contributed by atoms with van der Waals surface area (Å²) in [5, 5.41) is 8.61. The molecule has 0 aromatic heterocycles. The molecule has 0 bridgehead atoms. The fourth-order valence-electron chi connectivity index (χ4n) is 1.15. The maximum Gasteiger partial charge on any atom is 0.180 e. The van der Waals surface area contributed by atoms with Crippen LogP contribution < -0.4 is 11.5 Å². The van der Waals surface area contributed by atoms with Crippen LogP contribution in [0.15, 0.2) is 17.0 Å². The molecule has 0 amide bonds. The summed E-state index contributed by atoms with van der Waals surface area (Å²) in [7, 11) is -3.48. The van der Waals surface area contributed by atoms with E-state index in [-0.39, 0.29) is 10.6 Å². The van der Waals surface area contributed by atoms with E-state index in [0.717, 1.165) is 0 Å². The van der Waals surface area contributed by atoms with Crippen LogP contribution in [-0.2, 0) is 9.84 Å². The van der Waals surface area contributed by atoms with Crippen molar-refractivity contribution in [2.75, 3.05) is 23.8 Å². The van der Waals surface area contributed by atoms with Gasteiger partial charge in [0.05, 0.1) is 17.3 Å². The third kappa shape index (κ3) is 2.40. The van der Waals surface area contributed by atoms with Crippen LogP contribution in [0.25, 0.3) is 0 Å². The number of nitrogen functional groups attached to an aromatic ring is 2. The van der Waals surface area contributed by atoms with Crippen LogP contribution >= 0.6 is 0 Å². The molecule has 0 spiro atoms. The van der Waals surface area contributed by atoms with E-state index in [9.17, 15) is 8.42 Å². The third-order valence-electron chi connectivity index (χ3n) is 2.18. The van der Waals surface area contributed by atoms with Gasteiger partial charge in [-0.1, -0.05) is 0 Å². The van der Waals surface area contributed by atoms with Crippen LogP contribution in [0.2, 0.25) is 0 Å². The van der Waals surface area contributed by atoms with Crippen molar-refractivity contribution in [2.24, 2.45) is 0 Å². The van der Waals surface area contributed by atoms with Gasteiger partial charge < -0.3 is 16.6 Å². The molecule has 0 atom stereocenters. The molecule has 0 aliphatic rings. The monoisotopic (exact) mass is 230 g/mol. The lowest BCUT2D eigenvalue weighted by atomic mass is 10.2. The van der Waals surface area contributed by atoms with Crippen LogP contribution in [0.1, 0.15) is 5.56 Å². The number of benzene rings is 1. The van der Waals surface area contributed by atoms with Crippen LogP contribution in [0, 0.1) is 6.92 Å². The molecule has 0 aliphatic carbocycles. The van der Waals surface area contributed by atoms with Gasteiger partial charge in [-0.05, 0) is 24.6 Å². The molecule has 0 saturated heterocycles. The van der Waals surface area contributed by atoms with Crippen molar-refractivity contribution in [3.05, 3.63) is 17.7 Å². The second-order valence-electron chi connectivity index (χ2n) is 3.27.